The van der Waals surface area contributed by atoms with E-state index in [1.54, 1.807) is 12.4 Å². The lowest BCUT2D eigenvalue weighted by Gasteiger charge is -2.19. The summed E-state index contributed by atoms with van der Waals surface area (Å²) in [5.41, 5.74) is 4.20. The quantitative estimate of drug-likeness (QED) is 0.893. The number of pyridine rings is 1. The molecular formula is C15H20N4. The Morgan fingerprint density at radius 3 is 2.47 bits per heavy atom. The van der Waals surface area contributed by atoms with E-state index in [4.69, 9.17) is 0 Å². The summed E-state index contributed by atoms with van der Waals surface area (Å²) in [6.07, 6.45) is 6.33. The summed E-state index contributed by atoms with van der Waals surface area (Å²) in [5.74, 6) is 0. The molecular weight excluding hydrogens is 236 g/mol. The molecule has 0 amide bonds. The molecule has 4 heteroatoms. The first-order valence-electron chi connectivity index (χ1n) is 6.65. The van der Waals surface area contributed by atoms with E-state index >= 15 is 0 Å². The van der Waals surface area contributed by atoms with Crippen molar-refractivity contribution < 1.29 is 0 Å². The monoisotopic (exact) mass is 256 g/mol. The van der Waals surface area contributed by atoms with Crippen LogP contribution in [0.2, 0.25) is 0 Å². The van der Waals surface area contributed by atoms with Crippen LogP contribution in [-0.4, -0.2) is 21.5 Å². The predicted octanol–water partition coefficient (Wildman–Crippen LogP) is 2.58. The molecule has 4 nitrogen and oxygen atoms in total. The van der Waals surface area contributed by atoms with E-state index in [1.165, 1.54) is 5.56 Å². The van der Waals surface area contributed by atoms with Crippen LogP contribution >= 0.6 is 0 Å². The van der Waals surface area contributed by atoms with Crippen LogP contribution in [0.1, 0.15) is 42.0 Å². The van der Waals surface area contributed by atoms with Crippen molar-refractivity contribution in [3.05, 3.63) is 53.4 Å². The minimum absolute atomic E-state index is 0.0778. The molecule has 0 saturated heterocycles. The van der Waals surface area contributed by atoms with Crippen molar-refractivity contribution in [2.24, 2.45) is 0 Å². The highest BCUT2D eigenvalue weighted by Gasteiger charge is 2.15. The van der Waals surface area contributed by atoms with E-state index in [1.807, 2.05) is 20.0 Å². The van der Waals surface area contributed by atoms with E-state index in [9.17, 15) is 0 Å². The lowest BCUT2D eigenvalue weighted by atomic mass is 10.0. The zero-order valence-corrected chi connectivity index (χ0v) is 11.7. The maximum Gasteiger partial charge on any atom is 0.0801 e. The Bertz CT molecular complexity index is 505. The molecule has 2 aromatic rings. The van der Waals surface area contributed by atoms with Gasteiger partial charge in [-0.05, 0) is 44.5 Å². The van der Waals surface area contributed by atoms with Crippen LogP contribution in [0, 0.1) is 13.8 Å². The second kappa shape index (κ2) is 6.38. The molecule has 0 aliphatic rings. The molecule has 0 spiro atoms. The largest absolute Gasteiger partial charge is 0.305 e. The van der Waals surface area contributed by atoms with Gasteiger partial charge in [0.05, 0.1) is 17.9 Å². The standard InChI is InChI=1S/C15H20N4/c1-4-5-18-15(14-10-16-6-7-17-14)13-8-11(2)19-12(3)9-13/h6-10,15,18H,4-5H2,1-3H3. The molecule has 0 saturated carbocycles. The lowest BCUT2D eigenvalue weighted by molar-refractivity contribution is 0.583. The second-order valence-corrected chi connectivity index (χ2v) is 4.70. The Morgan fingerprint density at radius 2 is 1.89 bits per heavy atom. The second-order valence-electron chi connectivity index (χ2n) is 4.70. The lowest BCUT2D eigenvalue weighted by Crippen LogP contribution is -2.24. The van der Waals surface area contributed by atoms with Crippen molar-refractivity contribution in [1.82, 2.24) is 20.3 Å². The molecule has 1 atom stereocenters. The van der Waals surface area contributed by atoms with Crippen LogP contribution < -0.4 is 5.32 Å². The van der Waals surface area contributed by atoms with Gasteiger partial charge in [0.15, 0.2) is 0 Å². The van der Waals surface area contributed by atoms with Gasteiger partial charge in [-0.25, -0.2) is 0 Å². The van der Waals surface area contributed by atoms with Crippen molar-refractivity contribution in [2.45, 2.75) is 33.2 Å². The fourth-order valence-electron chi connectivity index (χ4n) is 2.18. The van der Waals surface area contributed by atoms with Crippen LogP contribution in [0.4, 0.5) is 0 Å². The molecule has 0 aliphatic carbocycles. The summed E-state index contributed by atoms with van der Waals surface area (Å²) in [6, 6.07) is 4.29. The number of aromatic nitrogens is 3. The van der Waals surface area contributed by atoms with E-state index in [0.717, 1.165) is 30.0 Å². The number of hydrogen-bond donors (Lipinski definition) is 1. The molecule has 2 rings (SSSR count). The van der Waals surface area contributed by atoms with E-state index in [-0.39, 0.29) is 6.04 Å². The van der Waals surface area contributed by atoms with Gasteiger partial charge in [0, 0.05) is 23.8 Å². The summed E-state index contributed by atoms with van der Waals surface area (Å²) in [6.45, 7) is 7.14. The average Bonchev–Trinajstić information content (AvgIpc) is 2.39. The van der Waals surface area contributed by atoms with Crippen molar-refractivity contribution in [2.75, 3.05) is 6.54 Å². The molecule has 0 fully saturated rings. The molecule has 0 bridgehead atoms. The fourth-order valence-corrected chi connectivity index (χ4v) is 2.18. The number of nitrogens with one attached hydrogen (secondary N) is 1. The minimum Gasteiger partial charge on any atom is -0.305 e. The van der Waals surface area contributed by atoms with Crippen LogP contribution in [-0.2, 0) is 0 Å². The van der Waals surface area contributed by atoms with Gasteiger partial charge in [0.25, 0.3) is 0 Å². The highest BCUT2D eigenvalue weighted by Crippen LogP contribution is 2.21. The maximum absolute atomic E-state index is 4.43. The van der Waals surface area contributed by atoms with Crippen molar-refractivity contribution in [3.8, 4) is 0 Å². The minimum atomic E-state index is 0.0778. The number of rotatable bonds is 5. The summed E-state index contributed by atoms with van der Waals surface area (Å²) in [7, 11) is 0. The Kier molecular flexibility index (Phi) is 4.58. The van der Waals surface area contributed by atoms with Gasteiger partial charge in [-0.3, -0.25) is 15.0 Å². The zero-order valence-electron chi connectivity index (χ0n) is 11.7. The summed E-state index contributed by atoms with van der Waals surface area (Å²) in [4.78, 5) is 13.0. The molecule has 19 heavy (non-hydrogen) atoms. The van der Waals surface area contributed by atoms with Crippen LogP contribution in [0.5, 0.6) is 0 Å². The Labute approximate surface area is 114 Å². The SMILES string of the molecule is CCCNC(c1cc(C)nc(C)c1)c1cnccn1. The third kappa shape index (κ3) is 3.58. The third-order valence-corrected chi connectivity index (χ3v) is 2.91. The summed E-state index contributed by atoms with van der Waals surface area (Å²) in [5, 5.41) is 3.53. The zero-order chi connectivity index (χ0) is 13.7. The molecule has 100 valence electrons. The van der Waals surface area contributed by atoms with Crippen LogP contribution in [0.15, 0.2) is 30.7 Å². The summed E-state index contributed by atoms with van der Waals surface area (Å²) < 4.78 is 0. The predicted molar refractivity (Wildman–Crippen MR) is 75.9 cm³/mol. The highest BCUT2D eigenvalue weighted by molar-refractivity contribution is 5.29. The first-order chi connectivity index (χ1) is 9.20. The molecule has 2 aromatic heterocycles. The molecule has 2 heterocycles. The van der Waals surface area contributed by atoms with Gasteiger partial charge >= 0.3 is 0 Å². The van der Waals surface area contributed by atoms with Crippen LogP contribution in [0.25, 0.3) is 0 Å². The normalized spacial score (nSPS) is 12.4. The van der Waals surface area contributed by atoms with Gasteiger partial charge in [0.2, 0.25) is 0 Å². The Balaban J connectivity index is 2.36. The number of nitrogens with zero attached hydrogens (tertiary/aromatic N) is 3. The van der Waals surface area contributed by atoms with Gasteiger partial charge in [0.1, 0.15) is 0 Å². The fraction of sp³-hybridized carbons (Fsp3) is 0.400. The first-order valence-corrected chi connectivity index (χ1v) is 6.65. The Morgan fingerprint density at radius 1 is 1.16 bits per heavy atom. The average molecular weight is 256 g/mol. The molecule has 0 aromatic carbocycles. The maximum atomic E-state index is 4.43. The molecule has 1 N–H and O–H groups in total. The van der Waals surface area contributed by atoms with Crippen molar-refractivity contribution >= 4 is 0 Å². The van der Waals surface area contributed by atoms with Crippen LogP contribution in [0.3, 0.4) is 0 Å². The third-order valence-electron chi connectivity index (χ3n) is 2.91. The van der Waals surface area contributed by atoms with E-state index in [2.05, 4.69) is 39.3 Å². The smallest absolute Gasteiger partial charge is 0.0801 e. The van der Waals surface area contributed by atoms with Crippen molar-refractivity contribution in [1.29, 1.82) is 0 Å². The van der Waals surface area contributed by atoms with Gasteiger partial charge in [-0.1, -0.05) is 6.92 Å². The molecule has 0 aliphatic heterocycles. The van der Waals surface area contributed by atoms with E-state index in [0.29, 0.717) is 0 Å². The number of aryl methyl sites for hydroxylation is 2. The summed E-state index contributed by atoms with van der Waals surface area (Å²) >= 11 is 0. The van der Waals surface area contributed by atoms with Crippen molar-refractivity contribution in [3.63, 3.8) is 0 Å². The Hall–Kier alpha value is -1.81. The number of hydrogen-bond acceptors (Lipinski definition) is 4. The first kappa shape index (κ1) is 13.6. The van der Waals surface area contributed by atoms with Gasteiger partial charge < -0.3 is 5.32 Å². The highest BCUT2D eigenvalue weighted by atomic mass is 14.9. The molecule has 0 radical (unpaired) electrons. The van der Waals surface area contributed by atoms with E-state index < -0.39 is 0 Å². The topological polar surface area (TPSA) is 50.7 Å². The van der Waals surface area contributed by atoms with Gasteiger partial charge in [-0.2, -0.15) is 0 Å². The molecule has 1 unspecified atom stereocenters. The van der Waals surface area contributed by atoms with Gasteiger partial charge in [-0.15, -0.1) is 0 Å².